The van der Waals surface area contributed by atoms with Crippen LogP contribution in [-0.2, 0) is 20.1 Å². The summed E-state index contributed by atoms with van der Waals surface area (Å²) >= 11 is 0. The van der Waals surface area contributed by atoms with Gasteiger partial charge in [0.25, 0.3) is 0 Å². The van der Waals surface area contributed by atoms with Crippen molar-refractivity contribution in [2.45, 2.75) is 77.4 Å². The molecule has 1 saturated heterocycles. The fraction of sp³-hybridized carbons (Fsp3) is 0.286. The summed E-state index contributed by atoms with van der Waals surface area (Å²) in [5.74, 6) is 0. The van der Waals surface area contributed by atoms with Crippen LogP contribution < -0.4 is 5.46 Å². The summed E-state index contributed by atoms with van der Waals surface area (Å²) in [7, 11) is -0.366. The first-order valence-electron chi connectivity index (χ1n) is 16.4. The van der Waals surface area contributed by atoms with Gasteiger partial charge >= 0.3 is 7.12 Å². The van der Waals surface area contributed by atoms with Crippen LogP contribution in [0.15, 0.2) is 91.0 Å². The van der Waals surface area contributed by atoms with Crippen LogP contribution in [0.3, 0.4) is 0 Å². The van der Waals surface area contributed by atoms with E-state index in [2.05, 4.69) is 146 Å². The van der Waals surface area contributed by atoms with Crippen LogP contribution in [0.2, 0.25) is 0 Å². The van der Waals surface area contributed by atoms with Crippen LogP contribution in [-0.4, -0.2) is 18.3 Å². The average Bonchev–Trinajstić information content (AvgIpc) is 3.48. The van der Waals surface area contributed by atoms with Gasteiger partial charge < -0.3 is 9.31 Å². The van der Waals surface area contributed by atoms with E-state index < -0.39 is 0 Å². The van der Waals surface area contributed by atoms with E-state index in [1.165, 1.54) is 76.8 Å². The smallest absolute Gasteiger partial charge is 0.399 e. The second kappa shape index (κ2) is 8.46. The van der Waals surface area contributed by atoms with Crippen LogP contribution in [0.4, 0.5) is 0 Å². The molecule has 0 amide bonds. The first-order valence-corrected chi connectivity index (χ1v) is 16.4. The SMILES string of the molecule is CC1(C)c2cc(B3OC(C)(C)C(C)(C)O3)ccc2-c2cc3c(cc21)-c1cc2c4ccccc4c4ccccc4c2cc1C3(C)C. The number of rotatable bonds is 1. The van der Waals surface area contributed by atoms with Gasteiger partial charge in [-0.1, -0.05) is 94.4 Å². The maximum Gasteiger partial charge on any atom is 0.494 e. The third-order valence-corrected chi connectivity index (χ3v) is 11.9. The second-order valence-electron chi connectivity index (χ2n) is 15.6. The zero-order chi connectivity index (χ0) is 31.3. The van der Waals surface area contributed by atoms with E-state index in [4.69, 9.17) is 9.31 Å². The Bertz CT molecular complexity index is 2270. The molecule has 0 spiro atoms. The molecule has 0 bridgehead atoms. The Morgan fingerprint density at radius 3 is 1.33 bits per heavy atom. The Morgan fingerprint density at radius 1 is 0.400 bits per heavy atom. The van der Waals surface area contributed by atoms with Crippen molar-refractivity contribution in [3.05, 3.63) is 113 Å². The van der Waals surface area contributed by atoms with Crippen molar-refractivity contribution in [3.63, 3.8) is 0 Å². The summed E-state index contributed by atoms with van der Waals surface area (Å²) in [4.78, 5) is 0. The van der Waals surface area contributed by atoms with Gasteiger partial charge in [-0.05, 0) is 134 Å². The van der Waals surface area contributed by atoms with E-state index >= 15 is 0 Å². The molecule has 0 N–H and O–H groups in total. The van der Waals surface area contributed by atoms with Crippen molar-refractivity contribution >= 4 is 44.9 Å². The lowest BCUT2D eigenvalue weighted by molar-refractivity contribution is 0.00578. The molecule has 2 aliphatic carbocycles. The van der Waals surface area contributed by atoms with Gasteiger partial charge in [0, 0.05) is 10.8 Å². The molecule has 3 heteroatoms. The lowest BCUT2D eigenvalue weighted by atomic mass is 9.74. The van der Waals surface area contributed by atoms with E-state index in [0.29, 0.717) is 0 Å². The van der Waals surface area contributed by atoms with Crippen molar-refractivity contribution < 1.29 is 9.31 Å². The Hall–Kier alpha value is -3.92. The van der Waals surface area contributed by atoms with Gasteiger partial charge in [-0.25, -0.2) is 0 Å². The highest BCUT2D eigenvalue weighted by atomic mass is 16.7. The van der Waals surface area contributed by atoms with Gasteiger partial charge in [0.1, 0.15) is 0 Å². The van der Waals surface area contributed by atoms with E-state index in [1.807, 2.05) is 0 Å². The van der Waals surface area contributed by atoms with Gasteiger partial charge in [-0.2, -0.15) is 0 Å². The topological polar surface area (TPSA) is 18.5 Å². The summed E-state index contributed by atoms with van der Waals surface area (Å²) in [6, 6.07) is 34.7. The van der Waals surface area contributed by atoms with E-state index in [1.54, 1.807) is 0 Å². The van der Waals surface area contributed by atoms with Crippen LogP contribution in [0.5, 0.6) is 0 Å². The van der Waals surface area contributed by atoms with Crippen molar-refractivity contribution in [2.75, 3.05) is 0 Å². The van der Waals surface area contributed by atoms with Gasteiger partial charge in [0.2, 0.25) is 0 Å². The van der Waals surface area contributed by atoms with Crippen molar-refractivity contribution in [3.8, 4) is 22.3 Å². The monoisotopic (exact) mass is 586 g/mol. The van der Waals surface area contributed by atoms with Crippen LogP contribution >= 0.6 is 0 Å². The zero-order valence-electron chi connectivity index (χ0n) is 27.6. The molecule has 0 atom stereocenters. The molecule has 3 aliphatic rings. The molecule has 222 valence electrons. The van der Waals surface area contributed by atoms with Crippen LogP contribution in [0, 0.1) is 0 Å². The molecule has 1 aliphatic heterocycles. The molecular weight excluding hydrogens is 547 g/mol. The molecule has 9 rings (SSSR count). The number of fused-ring (bicyclic) bond motifs is 12. The summed E-state index contributed by atoms with van der Waals surface area (Å²) in [5, 5.41) is 7.98. The minimum Gasteiger partial charge on any atom is -0.399 e. The minimum atomic E-state index is -0.366. The molecule has 0 saturated carbocycles. The fourth-order valence-corrected chi connectivity index (χ4v) is 8.50. The summed E-state index contributed by atoms with van der Waals surface area (Å²) in [6.07, 6.45) is 0. The number of hydrogen-bond acceptors (Lipinski definition) is 2. The lowest BCUT2D eigenvalue weighted by Gasteiger charge is -2.32. The maximum atomic E-state index is 6.46. The largest absolute Gasteiger partial charge is 0.494 e. The fourth-order valence-electron chi connectivity index (χ4n) is 8.50. The highest BCUT2D eigenvalue weighted by Gasteiger charge is 2.52. The molecular formula is C42H39BO2. The normalized spacial score (nSPS) is 19.6. The molecule has 6 aromatic rings. The Balaban J connectivity index is 1.24. The zero-order valence-corrected chi connectivity index (χ0v) is 27.6. The van der Waals surface area contributed by atoms with E-state index in [9.17, 15) is 0 Å². The molecule has 0 aromatic heterocycles. The maximum absolute atomic E-state index is 6.46. The van der Waals surface area contributed by atoms with Crippen molar-refractivity contribution in [1.82, 2.24) is 0 Å². The first-order chi connectivity index (χ1) is 21.3. The van der Waals surface area contributed by atoms with Crippen molar-refractivity contribution in [1.29, 1.82) is 0 Å². The Labute approximate surface area is 266 Å². The Morgan fingerprint density at radius 2 is 0.800 bits per heavy atom. The Kier molecular flexibility index (Phi) is 5.15. The molecule has 0 radical (unpaired) electrons. The molecule has 0 unspecified atom stereocenters. The first kappa shape index (κ1) is 27.4. The molecule has 45 heavy (non-hydrogen) atoms. The van der Waals surface area contributed by atoms with Gasteiger partial charge in [0.05, 0.1) is 11.2 Å². The standard InChI is InChI=1S/C42H39BO2/c1-39(2)35-19-24(43-44-41(5,6)42(7,8)45-43)17-18-29(35)33-22-38-34(23-37(33)39)32-20-30-27-15-11-9-13-25(27)26-14-10-12-16-28(26)31(30)21-36(32)40(38,3)4/h9-23H,1-8H3. The summed E-state index contributed by atoms with van der Waals surface area (Å²) in [5.41, 5.74) is 11.1. The van der Waals surface area contributed by atoms with Crippen molar-refractivity contribution in [2.24, 2.45) is 0 Å². The number of benzene rings is 6. The quantitative estimate of drug-likeness (QED) is 0.141. The molecule has 2 nitrogen and oxygen atoms in total. The molecule has 1 heterocycles. The van der Waals surface area contributed by atoms with Crippen LogP contribution in [0.25, 0.3) is 54.6 Å². The lowest BCUT2D eigenvalue weighted by Crippen LogP contribution is -2.41. The summed E-state index contributed by atoms with van der Waals surface area (Å²) < 4.78 is 12.9. The third kappa shape index (κ3) is 3.44. The average molecular weight is 587 g/mol. The molecule has 1 fully saturated rings. The van der Waals surface area contributed by atoms with E-state index in [0.717, 1.165) is 5.46 Å². The molecule has 6 aromatic carbocycles. The highest BCUT2D eigenvalue weighted by molar-refractivity contribution is 6.62. The van der Waals surface area contributed by atoms with E-state index in [-0.39, 0.29) is 29.2 Å². The van der Waals surface area contributed by atoms with Gasteiger partial charge in [-0.15, -0.1) is 0 Å². The highest BCUT2D eigenvalue weighted by Crippen LogP contribution is 2.57. The van der Waals surface area contributed by atoms with Gasteiger partial charge in [-0.3, -0.25) is 0 Å². The predicted octanol–water partition coefficient (Wildman–Crippen LogP) is 10.1. The summed E-state index contributed by atoms with van der Waals surface area (Å²) in [6.45, 7) is 18.0. The minimum absolute atomic E-state index is 0.115. The second-order valence-corrected chi connectivity index (χ2v) is 15.6. The van der Waals surface area contributed by atoms with Crippen LogP contribution in [0.1, 0.15) is 77.6 Å². The number of hydrogen-bond donors (Lipinski definition) is 0. The predicted molar refractivity (Wildman–Crippen MR) is 190 cm³/mol. The third-order valence-electron chi connectivity index (χ3n) is 11.9. The van der Waals surface area contributed by atoms with Gasteiger partial charge in [0.15, 0.2) is 0 Å².